The number of fused-ring (bicyclic) bond motifs is 1. The molecule has 0 atom stereocenters. The third-order valence-electron chi connectivity index (χ3n) is 2.17. The van der Waals surface area contributed by atoms with Crippen molar-refractivity contribution in [2.24, 2.45) is 0 Å². The maximum atomic E-state index is 11.3. The smallest absolute Gasteiger partial charge is 0.278 e. The van der Waals surface area contributed by atoms with Crippen LogP contribution in [0, 0.1) is 6.92 Å². The highest BCUT2D eigenvalue weighted by molar-refractivity contribution is 7.92. The van der Waals surface area contributed by atoms with E-state index in [1.165, 1.54) is 0 Å². The lowest BCUT2D eigenvalue weighted by Gasteiger charge is -2.17. The van der Waals surface area contributed by atoms with Crippen LogP contribution in [0.15, 0.2) is 4.79 Å². The molecule has 14 heavy (non-hydrogen) atoms. The number of anilines is 1. The van der Waals surface area contributed by atoms with Gasteiger partial charge in [-0.05, 0) is 13.3 Å². The molecule has 76 valence electrons. The zero-order chi connectivity index (χ0) is 10.3. The predicted molar refractivity (Wildman–Crippen MR) is 50.7 cm³/mol. The van der Waals surface area contributed by atoms with E-state index in [1.54, 1.807) is 6.92 Å². The molecule has 7 heteroatoms. The fourth-order valence-corrected chi connectivity index (χ4v) is 2.53. The summed E-state index contributed by atoms with van der Waals surface area (Å²) >= 11 is 0. The van der Waals surface area contributed by atoms with Gasteiger partial charge in [0.25, 0.3) is 5.56 Å². The minimum atomic E-state index is -3.33. The second kappa shape index (κ2) is 2.81. The molecular formula is C7H9N3O3S. The molecule has 1 aromatic heterocycles. The van der Waals surface area contributed by atoms with Crippen LogP contribution in [-0.4, -0.2) is 24.4 Å². The van der Waals surface area contributed by atoms with Crippen molar-refractivity contribution in [2.75, 3.05) is 10.5 Å². The third kappa shape index (κ3) is 1.39. The van der Waals surface area contributed by atoms with E-state index in [2.05, 4.69) is 14.9 Å². The summed E-state index contributed by atoms with van der Waals surface area (Å²) < 4.78 is 24.6. The van der Waals surface area contributed by atoms with E-state index in [1.807, 2.05) is 0 Å². The Morgan fingerprint density at radius 1 is 1.43 bits per heavy atom. The molecule has 2 N–H and O–H groups in total. The maximum Gasteiger partial charge on any atom is 0.288 e. The molecule has 2 heterocycles. The zero-order valence-electron chi connectivity index (χ0n) is 7.49. The summed E-state index contributed by atoms with van der Waals surface area (Å²) in [6.45, 7) is 1.73. The summed E-state index contributed by atoms with van der Waals surface area (Å²) in [4.78, 5) is 11.3. The molecule has 0 amide bonds. The Bertz CT molecular complexity index is 532. The molecule has 0 spiro atoms. The third-order valence-corrected chi connectivity index (χ3v) is 3.43. The SMILES string of the molecule is Cc1n[nH]c(=O)c2c1CCS(=O)(=O)N2. The lowest BCUT2D eigenvalue weighted by molar-refractivity contribution is 0.598. The first kappa shape index (κ1) is 9.20. The van der Waals surface area contributed by atoms with Gasteiger partial charge in [0.15, 0.2) is 0 Å². The van der Waals surface area contributed by atoms with Crippen molar-refractivity contribution in [3.05, 3.63) is 21.6 Å². The van der Waals surface area contributed by atoms with Crippen LogP contribution < -0.4 is 10.3 Å². The minimum absolute atomic E-state index is 0.00593. The van der Waals surface area contributed by atoms with Crippen LogP contribution in [0.3, 0.4) is 0 Å². The number of hydrogen-bond acceptors (Lipinski definition) is 4. The van der Waals surface area contributed by atoms with Gasteiger partial charge in [-0.1, -0.05) is 0 Å². The summed E-state index contributed by atoms with van der Waals surface area (Å²) in [6.07, 6.45) is 0.341. The fraction of sp³-hybridized carbons (Fsp3) is 0.429. The fourth-order valence-electron chi connectivity index (χ4n) is 1.43. The highest BCUT2D eigenvalue weighted by atomic mass is 32.2. The second-order valence-electron chi connectivity index (χ2n) is 3.16. The molecule has 0 unspecified atom stereocenters. The van der Waals surface area contributed by atoms with Crippen LogP contribution in [-0.2, 0) is 16.4 Å². The molecule has 1 aliphatic heterocycles. The Morgan fingerprint density at radius 2 is 2.14 bits per heavy atom. The minimum Gasteiger partial charge on any atom is -0.278 e. The summed E-state index contributed by atoms with van der Waals surface area (Å²) in [5.41, 5.74) is 0.961. The van der Waals surface area contributed by atoms with Crippen LogP contribution in [0.25, 0.3) is 0 Å². The topological polar surface area (TPSA) is 91.9 Å². The van der Waals surface area contributed by atoms with E-state index >= 15 is 0 Å². The van der Waals surface area contributed by atoms with E-state index in [0.29, 0.717) is 17.7 Å². The lowest BCUT2D eigenvalue weighted by Crippen LogP contribution is -2.31. The number of aromatic amines is 1. The summed E-state index contributed by atoms with van der Waals surface area (Å²) in [5.74, 6) is 0.00593. The number of rotatable bonds is 0. The average molecular weight is 215 g/mol. The quantitative estimate of drug-likeness (QED) is 0.603. The van der Waals surface area contributed by atoms with Gasteiger partial charge in [-0.3, -0.25) is 9.52 Å². The Balaban J connectivity index is 2.68. The van der Waals surface area contributed by atoms with Gasteiger partial charge in [0, 0.05) is 5.56 Å². The lowest BCUT2D eigenvalue weighted by atomic mass is 10.1. The molecule has 0 radical (unpaired) electrons. The van der Waals surface area contributed by atoms with Crippen LogP contribution in [0.1, 0.15) is 11.3 Å². The first-order chi connectivity index (χ1) is 6.49. The molecule has 0 aromatic carbocycles. The molecular weight excluding hydrogens is 206 g/mol. The molecule has 2 rings (SSSR count). The summed E-state index contributed by atoms with van der Waals surface area (Å²) in [6, 6.07) is 0. The number of hydrogen-bond donors (Lipinski definition) is 2. The Kier molecular flexibility index (Phi) is 1.84. The van der Waals surface area contributed by atoms with Crippen molar-refractivity contribution >= 4 is 15.7 Å². The molecule has 1 aliphatic rings. The summed E-state index contributed by atoms with van der Waals surface area (Å²) in [7, 11) is -3.33. The van der Waals surface area contributed by atoms with E-state index in [0.717, 1.165) is 0 Å². The van der Waals surface area contributed by atoms with Crippen LogP contribution in [0.4, 0.5) is 5.69 Å². The molecule has 0 saturated heterocycles. The predicted octanol–water partition coefficient (Wildman–Crippen LogP) is -0.624. The largest absolute Gasteiger partial charge is 0.288 e. The van der Waals surface area contributed by atoms with Crippen molar-refractivity contribution in [2.45, 2.75) is 13.3 Å². The monoisotopic (exact) mass is 215 g/mol. The van der Waals surface area contributed by atoms with Crippen molar-refractivity contribution in [1.29, 1.82) is 0 Å². The normalized spacial score (nSPS) is 18.4. The van der Waals surface area contributed by atoms with Gasteiger partial charge >= 0.3 is 0 Å². The van der Waals surface area contributed by atoms with Gasteiger partial charge in [0.05, 0.1) is 11.4 Å². The van der Waals surface area contributed by atoms with Gasteiger partial charge in [0.2, 0.25) is 10.0 Å². The number of nitrogens with one attached hydrogen (secondary N) is 2. The standard InChI is InChI=1S/C7H9N3O3S/c1-4-5-2-3-14(12,13)10-6(5)7(11)9-8-4/h10H,2-3H2,1H3,(H,9,11). The molecule has 1 aromatic rings. The first-order valence-electron chi connectivity index (χ1n) is 4.08. The average Bonchev–Trinajstić information content (AvgIpc) is 2.10. The second-order valence-corrected chi connectivity index (χ2v) is 5.00. The highest BCUT2D eigenvalue weighted by Crippen LogP contribution is 2.20. The van der Waals surface area contributed by atoms with Gasteiger partial charge in [-0.15, -0.1) is 0 Å². The van der Waals surface area contributed by atoms with Gasteiger partial charge in [-0.25, -0.2) is 13.5 Å². The number of sulfonamides is 1. The van der Waals surface area contributed by atoms with E-state index in [-0.39, 0.29) is 11.4 Å². The van der Waals surface area contributed by atoms with E-state index < -0.39 is 15.6 Å². The van der Waals surface area contributed by atoms with Crippen LogP contribution >= 0.6 is 0 Å². The van der Waals surface area contributed by atoms with Gasteiger partial charge < -0.3 is 0 Å². The van der Waals surface area contributed by atoms with Crippen molar-refractivity contribution < 1.29 is 8.42 Å². The Morgan fingerprint density at radius 3 is 2.86 bits per heavy atom. The first-order valence-corrected chi connectivity index (χ1v) is 5.73. The number of aryl methyl sites for hydroxylation is 1. The molecule has 0 aliphatic carbocycles. The molecule has 6 nitrogen and oxygen atoms in total. The van der Waals surface area contributed by atoms with E-state index in [4.69, 9.17) is 0 Å². The highest BCUT2D eigenvalue weighted by Gasteiger charge is 2.24. The zero-order valence-corrected chi connectivity index (χ0v) is 8.31. The van der Waals surface area contributed by atoms with Crippen molar-refractivity contribution in [3.63, 3.8) is 0 Å². The molecule has 0 saturated carbocycles. The Labute approximate surface area is 80.4 Å². The van der Waals surface area contributed by atoms with Crippen LogP contribution in [0.5, 0.6) is 0 Å². The van der Waals surface area contributed by atoms with E-state index in [9.17, 15) is 13.2 Å². The van der Waals surface area contributed by atoms with Crippen molar-refractivity contribution in [3.8, 4) is 0 Å². The van der Waals surface area contributed by atoms with Gasteiger partial charge in [-0.2, -0.15) is 5.10 Å². The van der Waals surface area contributed by atoms with Crippen molar-refractivity contribution in [1.82, 2.24) is 10.2 Å². The summed E-state index contributed by atoms with van der Waals surface area (Å²) in [5, 5.41) is 6.00. The van der Waals surface area contributed by atoms with Gasteiger partial charge in [0.1, 0.15) is 5.69 Å². The molecule has 0 bridgehead atoms. The molecule has 0 fully saturated rings. The maximum absolute atomic E-state index is 11.3. The number of aromatic nitrogens is 2. The Hall–Kier alpha value is -1.37. The number of H-pyrrole nitrogens is 1. The van der Waals surface area contributed by atoms with Crippen LogP contribution in [0.2, 0.25) is 0 Å². The number of nitrogens with zero attached hydrogens (tertiary/aromatic N) is 1.